The molecule has 0 saturated carbocycles. The summed E-state index contributed by atoms with van der Waals surface area (Å²) in [5.41, 5.74) is 0. The fourth-order valence-electron chi connectivity index (χ4n) is 0.256. The molecule has 0 N–H and O–H groups in total. The van der Waals surface area contributed by atoms with Gasteiger partial charge in [-0.1, -0.05) is 38.8 Å². The predicted molar refractivity (Wildman–Crippen MR) is 41.1 cm³/mol. The maximum atomic E-state index is 3.78. The zero-order valence-electron chi connectivity index (χ0n) is 4.32. The van der Waals surface area contributed by atoms with Crippen LogP contribution >= 0.6 is 31.9 Å². The van der Waals surface area contributed by atoms with E-state index in [0.717, 1.165) is 6.42 Å². The van der Waals surface area contributed by atoms with E-state index >= 15 is 0 Å². The van der Waals surface area contributed by atoms with E-state index in [2.05, 4.69) is 45.7 Å². The smallest absolute Gasteiger partial charge is 0.0271 e. The first-order valence-corrected chi connectivity index (χ1v) is 4.12. The highest BCUT2D eigenvalue weighted by atomic mass is 79.9. The minimum atomic E-state index is 0.345. The molecule has 0 bridgehead atoms. The summed E-state index contributed by atoms with van der Waals surface area (Å²) in [6, 6.07) is 0. The Morgan fingerprint density at radius 2 is 2.00 bits per heavy atom. The number of alkyl halides is 2. The molecule has 0 saturated heterocycles. The van der Waals surface area contributed by atoms with Gasteiger partial charge in [-0.25, -0.2) is 0 Å². The number of halogens is 2. The molecule has 0 fully saturated rings. The minimum absolute atomic E-state index is 0.345. The van der Waals surface area contributed by atoms with Gasteiger partial charge in [0, 0.05) is 9.65 Å². The van der Waals surface area contributed by atoms with Gasteiger partial charge in [-0.3, -0.25) is 0 Å². The van der Waals surface area contributed by atoms with E-state index in [4.69, 9.17) is 0 Å². The summed E-state index contributed by atoms with van der Waals surface area (Å²) >= 11 is 6.77. The molecule has 0 heterocycles. The van der Waals surface area contributed by atoms with Crippen LogP contribution in [0, 0.1) is 6.92 Å². The van der Waals surface area contributed by atoms with Crippen LogP contribution in [0.1, 0.15) is 13.3 Å². The zero-order chi connectivity index (χ0) is 5.86. The Labute approximate surface area is 61.9 Å². The third-order valence-corrected chi connectivity index (χ3v) is 3.42. The first-order chi connectivity index (χ1) is 3.18. The Balaban J connectivity index is 3.14. The molecule has 2 heteroatoms. The van der Waals surface area contributed by atoms with Gasteiger partial charge in [0.15, 0.2) is 0 Å². The van der Waals surface area contributed by atoms with E-state index in [-0.39, 0.29) is 0 Å². The molecule has 43 valence electrons. The summed E-state index contributed by atoms with van der Waals surface area (Å²) < 4.78 is 0. The van der Waals surface area contributed by atoms with Gasteiger partial charge in [0.25, 0.3) is 0 Å². The highest BCUT2D eigenvalue weighted by molar-refractivity contribution is 9.12. The van der Waals surface area contributed by atoms with Gasteiger partial charge in [-0.05, 0) is 13.3 Å². The van der Waals surface area contributed by atoms with Crippen molar-refractivity contribution in [3.05, 3.63) is 6.92 Å². The lowest BCUT2D eigenvalue weighted by Crippen LogP contribution is -2.07. The van der Waals surface area contributed by atoms with Crippen LogP contribution < -0.4 is 0 Å². The fourth-order valence-corrected chi connectivity index (χ4v) is 0.630. The van der Waals surface area contributed by atoms with Crippen molar-refractivity contribution in [2.45, 2.75) is 23.0 Å². The Morgan fingerprint density at radius 1 is 1.57 bits per heavy atom. The molecule has 2 unspecified atom stereocenters. The van der Waals surface area contributed by atoms with E-state index in [9.17, 15) is 0 Å². The van der Waals surface area contributed by atoms with Gasteiger partial charge in [-0.15, -0.1) is 0 Å². The second-order valence-electron chi connectivity index (χ2n) is 1.44. The third kappa shape index (κ3) is 3.53. The van der Waals surface area contributed by atoms with Gasteiger partial charge in [0.1, 0.15) is 0 Å². The van der Waals surface area contributed by atoms with Crippen molar-refractivity contribution >= 4 is 31.9 Å². The highest BCUT2D eigenvalue weighted by Gasteiger charge is 2.05. The van der Waals surface area contributed by atoms with E-state index < -0.39 is 0 Å². The van der Waals surface area contributed by atoms with Crippen molar-refractivity contribution in [2.24, 2.45) is 0 Å². The first kappa shape index (κ1) is 7.96. The summed E-state index contributed by atoms with van der Waals surface area (Å²) in [5.74, 6) is 0. The zero-order valence-corrected chi connectivity index (χ0v) is 7.50. The Bertz CT molecular complexity index is 43.3. The summed E-state index contributed by atoms with van der Waals surface area (Å²) in [7, 11) is 0. The molecule has 1 radical (unpaired) electrons. The van der Waals surface area contributed by atoms with Crippen LogP contribution in [-0.4, -0.2) is 9.65 Å². The second kappa shape index (κ2) is 3.90. The fraction of sp³-hybridized carbons (Fsp3) is 0.800. The molecular formula is C5H9Br2. The summed E-state index contributed by atoms with van der Waals surface area (Å²) in [6.45, 7) is 5.90. The van der Waals surface area contributed by atoms with Crippen molar-refractivity contribution in [2.75, 3.05) is 0 Å². The summed E-state index contributed by atoms with van der Waals surface area (Å²) in [5, 5.41) is 0. The van der Waals surface area contributed by atoms with Crippen LogP contribution in [0.4, 0.5) is 0 Å². The number of hydrogen-bond donors (Lipinski definition) is 0. The minimum Gasteiger partial charge on any atom is -0.0879 e. The quantitative estimate of drug-likeness (QED) is 0.638. The molecule has 0 aromatic carbocycles. The maximum Gasteiger partial charge on any atom is 0.0271 e. The molecule has 0 rings (SSSR count). The third-order valence-electron chi connectivity index (χ3n) is 0.782. The first-order valence-electron chi connectivity index (χ1n) is 2.29. The molecule has 0 aromatic heterocycles. The average molecular weight is 229 g/mol. The van der Waals surface area contributed by atoms with Gasteiger partial charge in [0.05, 0.1) is 0 Å². The number of rotatable bonds is 2. The van der Waals surface area contributed by atoms with E-state index in [0.29, 0.717) is 9.65 Å². The van der Waals surface area contributed by atoms with Gasteiger partial charge in [-0.2, -0.15) is 0 Å². The summed E-state index contributed by atoms with van der Waals surface area (Å²) in [4.78, 5) is 0.866. The molecule has 2 atom stereocenters. The predicted octanol–water partition coefficient (Wildman–Crippen LogP) is 2.76. The van der Waals surface area contributed by atoms with Crippen molar-refractivity contribution in [1.29, 1.82) is 0 Å². The van der Waals surface area contributed by atoms with Gasteiger partial charge in [0.2, 0.25) is 0 Å². The van der Waals surface area contributed by atoms with E-state index in [1.54, 1.807) is 0 Å². The lowest BCUT2D eigenvalue weighted by atomic mass is 10.3. The van der Waals surface area contributed by atoms with Crippen LogP contribution in [0.15, 0.2) is 0 Å². The van der Waals surface area contributed by atoms with Crippen LogP contribution in [0.5, 0.6) is 0 Å². The van der Waals surface area contributed by atoms with Crippen LogP contribution in [0.2, 0.25) is 0 Å². The molecule has 0 amide bonds. The molecule has 7 heavy (non-hydrogen) atoms. The topological polar surface area (TPSA) is 0 Å². The lowest BCUT2D eigenvalue weighted by molar-refractivity contribution is 0.870. The lowest BCUT2D eigenvalue weighted by Gasteiger charge is -2.06. The van der Waals surface area contributed by atoms with Gasteiger partial charge >= 0.3 is 0 Å². The van der Waals surface area contributed by atoms with Crippen LogP contribution in [0.3, 0.4) is 0 Å². The normalized spacial score (nSPS) is 18.9. The molecule has 0 aliphatic rings. The van der Waals surface area contributed by atoms with Crippen LogP contribution in [0.25, 0.3) is 0 Å². The van der Waals surface area contributed by atoms with Gasteiger partial charge < -0.3 is 0 Å². The summed E-state index contributed by atoms with van der Waals surface area (Å²) in [6.07, 6.45) is 1.12. The molecule has 0 nitrogen and oxygen atoms in total. The highest BCUT2D eigenvalue weighted by Crippen LogP contribution is 2.15. The SMILES string of the molecule is [CH2]C(Br)C(Br)CC. The monoisotopic (exact) mass is 227 g/mol. The number of hydrogen-bond acceptors (Lipinski definition) is 0. The van der Waals surface area contributed by atoms with Crippen molar-refractivity contribution in [3.63, 3.8) is 0 Å². The van der Waals surface area contributed by atoms with Crippen molar-refractivity contribution in [3.8, 4) is 0 Å². The second-order valence-corrected chi connectivity index (χ2v) is 3.79. The Hall–Kier alpha value is 0.960. The maximum absolute atomic E-state index is 3.78. The molecule has 0 aliphatic heterocycles. The van der Waals surface area contributed by atoms with E-state index in [1.807, 2.05) is 0 Å². The molecule has 0 aromatic rings. The van der Waals surface area contributed by atoms with E-state index in [1.165, 1.54) is 0 Å². The molecule has 0 aliphatic carbocycles. The molecular weight excluding hydrogens is 220 g/mol. The molecule has 0 spiro atoms. The van der Waals surface area contributed by atoms with Crippen molar-refractivity contribution < 1.29 is 0 Å². The Kier molecular flexibility index (Phi) is 4.44. The Morgan fingerprint density at radius 3 is 2.00 bits per heavy atom. The van der Waals surface area contributed by atoms with Crippen molar-refractivity contribution in [1.82, 2.24) is 0 Å². The standard InChI is InChI=1S/C5H9Br2/c1-3-5(7)4(2)6/h4-5H,2-3H2,1H3. The van der Waals surface area contributed by atoms with Crippen LogP contribution in [-0.2, 0) is 0 Å². The largest absolute Gasteiger partial charge is 0.0879 e. The average Bonchev–Trinajstić information content (AvgIpc) is 1.65.